The highest BCUT2D eigenvalue weighted by Crippen LogP contribution is 2.24. The summed E-state index contributed by atoms with van der Waals surface area (Å²) in [6.07, 6.45) is 1.00. The van der Waals surface area contributed by atoms with E-state index in [1.54, 1.807) is 0 Å². The van der Waals surface area contributed by atoms with Gasteiger partial charge < -0.3 is 9.84 Å². The molecule has 0 radical (unpaired) electrons. The molecule has 0 saturated heterocycles. The van der Waals surface area contributed by atoms with Crippen molar-refractivity contribution in [3.8, 4) is 11.4 Å². The first-order chi connectivity index (χ1) is 13.3. The van der Waals surface area contributed by atoms with Gasteiger partial charge in [-0.3, -0.25) is 4.79 Å². The Morgan fingerprint density at radius 3 is 2.43 bits per heavy atom. The van der Waals surface area contributed by atoms with Gasteiger partial charge in [-0.25, -0.2) is 0 Å². The molecular formula is C22H24BrN3O2. The Labute approximate surface area is 173 Å². The van der Waals surface area contributed by atoms with E-state index in [2.05, 4.69) is 31.4 Å². The fourth-order valence-corrected chi connectivity index (χ4v) is 3.13. The average molecular weight is 442 g/mol. The quantitative estimate of drug-likeness (QED) is 0.560. The summed E-state index contributed by atoms with van der Waals surface area (Å²) in [6.45, 7) is 6.12. The zero-order chi connectivity index (χ0) is 20.1. The summed E-state index contributed by atoms with van der Waals surface area (Å²) in [5.41, 5.74) is 1.85. The van der Waals surface area contributed by atoms with E-state index in [1.807, 2.05) is 75.4 Å². The van der Waals surface area contributed by atoms with Crippen molar-refractivity contribution in [2.24, 2.45) is 5.41 Å². The van der Waals surface area contributed by atoms with Gasteiger partial charge in [0, 0.05) is 22.9 Å². The average Bonchev–Trinajstić information content (AvgIpc) is 3.11. The van der Waals surface area contributed by atoms with E-state index < -0.39 is 0 Å². The number of hydrogen-bond donors (Lipinski definition) is 1. The highest BCUT2D eigenvalue weighted by molar-refractivity contribution is 9.10. The van der Waals surface area contributed by atoms with Crippen LogP contribution >= 0.6 is 15.9 Å². The number of carbonyl (C=O) groups is 1. The van der Waals surface area contributed by atoms with Crippen LogP contribution in [-0.2, 0) is 11.2 Å². The summed E-state index contributed by atoms with van der Waals surface area (Å²) in [7, 11) is 0. The highest BCUT2D eigenvalue weighted by Gasteiger charge is 2.24. The number of halogens is 1. The number of nitrogens with zero attached hydrogens (tertiary/aromatic N) is 2. The van der Waals surface area contributed by atoms with Crippen LogP contribution < -0.4 is 5.32 Å². The first kappa shape index (κ1) is 20.3. The maximum absolute atomic E-state index is 12.5. The van der Waals surface area contributed by atoms with Crippen molar-refractivity contribution in [2.75, 3.05) is 0 Å². The number of carbonyl (C=O) groups excluding carboxylic acids is 1. The van der Waals surface area contributed by atoms with Crippen molar-refractivity contribution < 1.29 is 9.32 Å². The minimum atomic E-state index is -0.381. The number of amides is 1. The molecule has 146 valence electrons. The molecule has 0 spiro atoms. The maximum Gasteiger partial charge on any atom is 0.249 e. The van der Waals surface area contributed by atoms with Gasteiger partial charge in [0.05, 0.1) is 0 Å². The third-order valence-electron chi connectivity index (χ3n) is 4.15. The zero-order valence-corrected chi connectivity index (χ0v) is 17.9. The normalized spacial score (nSPS) is 12.6. The summed E-state index contributed by atoms with van der Waals surface area (Å²) in [4.78, 5) is 17.1. The molecule has 2 aromatic carbocycles. The van der Waals surface area contributed by atoms with Crippen molar-refractivity contribution in [3.63, 3.8) is 0 Å². The number of hydrogen-bond acceptors (Lipinski definition) is 4. The Morgan fingerprint density at radius 2 is 1.79 bits per heavy atom. The summed E-state index contributed by atoms with van der Waals surface area (Å²) >= 11 is 3.42. The van der Waals surface area contributed by atoms with Gasteiger partial charge in [-0.05, 0) is 35.2 Å². The van der Waals surface area contributed by atoms with E-state index in [4.69, 9.17) is 4.52 Å². The van der Waals surface area contributed by atoms with Crippen LogP contribution in [0.15, 0.2) is 63.6 Å². The third kappa shape index (κ3) is 5.76. The second-order valence-electron chi connectivity index (χ2n) is 8.01. The first-order valence-corrected chi connectivity index (χ1v) is 10.0. The lowest BCUT2D eigenvalue weighted by Gasteiger charge is -2.20. The Hall–Kier alpha value is -2.47. The van der Waals surface area contributed by atoms with Crippen molar-refractivity contribution in [1.82, 2.24) is 15.5 Å². The second kappa shape index (κ2) is 8.69. The Balaban J connectivity index is 1.83. The van der Waals surface area contributed by atoms with Crippen molar-refractivity contribution in [1.29, 1.82) is 0 Å². The molecule has 1 N–H and O–H groups in total. The summed E-state index contributed by atoms with van der Waals surface area (Å²) in [5, 5.41) is 7.18. The maximum atomic E-state index is 12.5. The third-order valence-corrected chi connectivity index (χ3v) is 4.68. The molecule has 1 heterocycles. The highest BCUT2D eigenvalue weighted by atomic mass is 79.9. The predicted octanol–water partition coefficient (Wildman–Crippen LogP) is 5.34. The lowest BCUT2D eigenvalue weighted by Crippen LogP contribution is -2.32. The lowest BCUT2D eigenvalue weighted by molar-refractivity contribution is -0.123. The Bertz CT molecular complexity index is 915. The predicted molar refractivity (Wildman–Crippen MR) is 113 cm³/mol. The number of benzene rings is 2. The van der Waals surface area contributed by atoms with Crippen LogP contribution in [0, 0.1) is 5.41 Å². The largest absolute Gasteiger partial charge is 0.344 e. The Morgan fingerprint density at radius 1 is 1.11 bits per heavy atom. The topological polar surface area (TPSA) is 68.0 Å². The molecular weight excluding hydrogens is 418 g/mol. The SMILES string of the molecule is CC(C)(C)CC(=O)N[C@H](Cc1ccccc1)c1nc(-c2ccc(Br)cc2)no1. The molecule has 0 unspecified atom stereocenters. The van der Waals surface area contributed by atoms with Gasteiger partial charge in [-0.15, -0.1) is 0 Å². The van der Waals surface area contributed by atoms with E-state index in [9.17, 15) is 4.79 Å². The molecule has 0 bridgehead atoms. The molecule has 28 heavy (non-hydrogen) atoms. The van der Waals surface area contributed by atoms with Gasteiger partial charge in [0.25, 0.3) is 0 Å². The fourth-order valence-electron chi connectivity index (χ4n) is 2.87. The molecule has 0 fully saturated rings. The summed E-state index contributed by atoms with van der Waals surface area (Å²) in [6, 6.07) is 17.3. The van der Waals surface area contributed by atoms with Gasteiger partial charge in [0.15, 0.2) is 0 Å². The fraction of sp³-hybridized carbons (Fsp3) is 0.318. The molecule has 3 rings (SSSR count). The molecule has 0 aliphatic rings. The molecule has 1 amide bonds. The van der Waals surface area contributed by atoms with E-state index in [0.29, 0.717) is 24.6 Å². The monoisotopic (exact) mass is 441 g/mol. The van der Waals surface area contributed by atoms with Crippen LogP contribution in [0.25, 0.3) is 11.4 Å². The standard InChI is InChI=1S/C22H24BrN3O2/c1-22(2,3)14-19(27)24-18(13-15-7-5-4-6-8-15)21-25-20(26-28-21)16-9-11-17(23)12-10-16/h4-12,18H,13-14H2,1-3H3,(H,24,27)/t18-/m1/s1. The van der Waals surface area contributed by atoms with Gasteiger partial charge in [-0.2, -0.15) is 4.98 Å². The van der Waals surface area contributed by atoms with Crippen LogP contribution in [0.5, 0.6) is 0 Å². The molecule has 0 aliphatic carbocycles. The second-order valence-corrected chi connectivity index (χ2v) is 8.93. The Kier molecular flexibility index (Phi) is 6.29. The van der Waals surface area contributed by atoms with Crippen LogP contribution in [0.2, 0.25) is 0 Å². The van der Waals surface area contributed by atoms with Gasteiger partial charge in [0.1, 0.15) is 6.04 Å². The van der Waals surface area contributed by atoms with Crippen molar-refractivity contribution in [3.05, 3.63) is 70.5 Å². The van der Waals surface area contributed by atoms with E-state index >= 15 is 0 Å². The first-order valence-electron chi connectivity index (χ1n) is 9.23. The number of aromatic nitrogens is 2. The molecule has 3 aromatic rings. The molecule has 1 atom stereocenters. The smallest absolute Gasteiger partial charge is 0.249 e. The van der Waals surface area contributed by atoms with Gasteiger partial charge in [0.2, 0.25) is 17.6 Å². The van der Waals surface area contributed by atoms with Crippen LogP contribution in [-0.4, -0.2) is 16.0 Å². The molecule has 1 aromatic heterocycles. The summed E-state index contributed by atoms with van der Waals surface area (Å²) < 4.78 is 6.51. The zero-order valence-electron chi connectivity index (χ0n) is 16.3. The number of rotatable bonds is 6. The molecule has 5 nitrogen and oxygen atoms in total. The van der Waals surface area contributed by atoms with Crippen LogP contribution in [0.4, 0.5) is 0 Å². The minimum Gasteiger partial charge on any atom is -0.344 e. The minimum absolute atomic E-state index is 0.0307. The van der Waals surface area contributed by atoms with Crippen LogP contribution in [0.3, 0.4) is 0 Å². The summed E-state index contributed by atoms with van der Waals surface area (Å²) in [5.74, 6) is 0.881. The molecule has 0 saturated carbocycles. The van der Waals surface area contributed by atoms with Gasteiger partial charge >= 0.3 is 0 Å². The molecule has 6 heteroatoms. The van der Waals surface area contributed by atoms with Crippen molar-refractivity contribution in [2.45, 2.75) is 39.7 Å². The lowest BCUT2D eigenvalue weighted by atomic mass is 9.91. The van der Waals surface area contributed by atoms with Gasteiger partial charge in [-0.1, -0.05) is 72.2 Å². The molecule has 0 aliphatic heterocycles. The van der Waals surface area contributed by atoms with Crippen LogP contribution in [0.1, 0.15) is 44.7 Å². The number of nitrogens with one attached hydrogen (secondary N) is 1. The van der Waals surface area contributed by atoms with E-state index in [1.165, 1.54) is 0 Å². The van der Waals surface area contributed by atoms with E-state index in [0.717, 1.165) is 15.6 Å². The van der Waals surface area contributed by atoms with E-state index in [-0.39, 0.29) is 17.4 Å². The van der Waals surface area contributed by atoms with Crippen molar-refractivity contribution >= 4 is 21.8 Å².